The Balaban J connectivity index is 2.85. The first-order valence-corrected chi connectivity index (χ1v) is 4.15. The van der Waals surface area contributed by atoms with Crippen molar-refractivity contribution in [2.24, 2.45) is 5.41 Å². The third kappa shape index (κ3) is 1.25. The van der Waals surface area contributed by atoms with E-state index in [4.69, 9.17) is 5.26 Å². The number of nitrogens with zero attached hydrogens (tertiary/aromatic N) is 1. The Hall–Kier alpha value is -0.550. The predicted molar refractivity (Wildman–Crippen MR) is 42.8 cm³/mol. The summed E-state index contributed by atoms with van der Waals surface area (Å²) in [5.74, 6) is 0. The van der Waals surface area contributed by atoms with E-state index >= 15 is 0 Å². The summed E-state index contributed by atoms with van der Waals surface area (Å²) in [6, 6.07) is 2.22. The summed E-state index contributed by atoms with van der Waals surface area (Å²) in [6.07, 6.45) is 3.71. The lowest BCUT2D eigenvalue weighted by molar-refractivity contribution is -0.0607. The molecule has 1 saturated carbocycles. The lowest BCUT2D eigenvalue weighted by atomic mass is 9.66. The molecule has 0 bridgehead atoms. The Morgan fingerprint density at radius 2 is 1.82 bits per heavy atom. The van der Waals surface area contributed by atoms with E-state index in [1.165, 1.54) is 0 Å². The fourth-order valence-electron chi connectivity index (χ4n) is 1.67. The van der Waals surface area contributed by atoms with Crippen LogP contribution in [-0.4, -0.2) is 10.7 Å². The average molecular weight is 153 g/mol. The van der Waals surface area contributed by atoms with Gasteiger partial charge in [-0.15, -0.1) is 0 Å². The van der Waals surface area contributed by atoms with Gasteiger partial charge in [-0.2, -0.15) is 5.26 Å². The van der Waals surface area contributed by atoms with Gasteiger partial charge in [0.15, 0.2) is 0 Å². The highest BCUT2D eigenvalue weighted by Gasteiger charge is 2.45. The quantitative estimate of drug-likeness (QED) is 0.577. The summed E-state index contributed by atoms with van der Waals surface area (Å²) in [6.45, 7) is 3.63. The zero-order valence-electron chi connectivity index (χ0n) is 7.22. The maximum atomic E-state index is 9.87. The summed E-state index contributed by atoms with van der Waals surface area (Å²) in [4.78, 5) is 0. The minimum absolute atomic E-state index is 0.523. The van der Waals surface area contributed by atoms with Gasteiger partial charge in [-0.05, 0) is 26.7 Å². The van der Waals surface area contributed by atoms with Crippen molar-refractivity contribution in [2.75, 3.05) is 0 Å². The maximum absolute atomic E-state index is 9.87. The van der Waals surface area contributed by atoms with Gasteiger partial charge < -0.3 is 5.11 Å². The molecule has 1 fully saturated rings. The predicted octanol–water partition coefficient (Wildman–Crippen LogP) is 1.84. The molecule has 11 heavy (non-hydrogen) atoms. The molecule has 2 unspecified atom stereocenters. The number of rotatable bonds is 0. The molecule has 0 aromatic rings. The summed E-state index contributed by atoms with van der Waals surface area (Å²) < 4.78 is 0. The Bertz CT molecular complexity index is 192. The Morgan fingerprint density at radius 3 is 2.18 bits per heavy atom. The largest absolute Gasteiger partial charge is 0.389 e. The molecule has 0 heterocycles. The van der Waals surface area contributed by atoms with E-state index in [0.29, 0.717) is 0 Å². The van der Waals surface area contributed by atoms with Crippen LogP contribution in [0.1, 0.15) is 39.5 Å². The molecule has 1 aliphatic rings. The molecule has 0 amide bonds. The second-order valence-corrected chi connectivity index (χ2v) is 3.92. The molecular weight excluding hydrogens is 138 g/mol. The Labute approximate surface area is 67.8 Å². The Morgan fingerprint density at radius 1 is 1.27 bits per heavy atom. The van der Waals surface area contributed by atoms with Crippen molar-refractivity contribution in [3.8, 4) is 6.07 Å². The van der Waals surface area contributed by atoms with E-state index in [9.17, 15) is 5.11 Å². The molecule has 0 aromatic heterocycles. The molecule has 0 saturated heterocycles. The average Bonchev–Trinajstić information content (AvgIpc) is 1.95. The first-order chi connectivity index (χ1) is 5.02. The molecule has 1 rings (SSSR count). The molecule has 0 aromatic carbocycles. The van der Waals surface area contributed by atoms with Crippen LogP contribution in [0.2, 0.25) is 0 Å². The van der Waals surface area contributed by atoms with E-state index in [-0.39, 0.29) is 0 Å². The van der Waals surface area contributed by atoms with Crippen LogP contribution < -0.4 is 0 Å². The van der Waals surface area contributed by atoms with Gasteiger partial charge in [-0.1, -0.05) is 12.8 Å². The van der Waals surface area contributed by atoms with Gasteiger partial charge in [0.25, 0.3) is 0 Å². The van der Waals surface area contributed by atoms with Crippen LogP contribution in [0.25, 0.3) is 0 Å². The van der Waals surface area contributed by atoms with Crippen molar-refractivity contribution in [1.29, 1.82) is 5.26 Å². The molecule has 1 aliphatic carbocycles. The van der Waals surface area contributed by atoms with E-state index in [1.807, 2.05) is 6.92 Å². The van der Waals surface area contributed by atoms with Crippen LogP contribution >= 0.6 is 0 Å². The standard InChI is InChI=1S/C9H15NO/c1-8(7-10)5-3-4-6-9(8,2)11/h11H,3-6H2,1-2H3. The smallest absolute Gasteiger partial charge is 0.0829 e. The summed E-state index contributed by atoms with van der Waals surface area (Å²) in [5.41, 5.74) is -1.30. The molecule has 62 valence electrons. The molecule has 1 N–H and O–H groups in total. The molecule has 2 heteroatoms. The van der Waals surface area contributed by atoms with Crippen LogP contribution in [0.15, 0.2) is 0 Å². The number of hydrogen-bond acceptors (Lipinski definition) is 2. The zero-order valence-corrected chi connectivity index (χ0v) is 7.22. The first kappa shape index (κ1) is 8.55. The van der Waals surface area contributed by atoms with Crippen LogP contribution in [0, 0.1) is 16.7 Å². The molecule has 2 atom stereocenters. The maximum Gasteiger partial charge on any atom is 0.0829 e. The lowest BCUT2D eigenvalue weighted by Crippen LogP contribution is -2.45. The fraction of sp³-hybridized carbons (Fsp3) is 0.889. The second-order valence-electron chi connectivity index (χ2n) is 3.92. The topological polar surface area (TPSA) is 44.0 Å². The first-order valence-electron chi connectivity index (χ1n) is 4.15. The van der Waals surface area contributed by atoms with Gasteiger partial charge in [-0.3, -0.25) is 0 Å². The third-order valence-corrected chi connectivity index (χ3v) is 3.03. The van der Waals surface area contributed by atoms with Crippen molar-refractivity contribution in [1.82, 2.24) is 0 Å². The summed E-state index contributed by atoms with van der Waals surface area (Å²) >= 11 is 0. The third-order valence-electron chi connectivity index (χ3n) is 3.03. The van der Waals surface area contributed by atoms with E-state index in [1.54, 1.807) is 6.92 Å². The number of aliphatic hydroxyl groups is 1. The van der Waals surface area contributed by atoms with Crippen LogP contribution in [-0.2, 0) is 0 Å². The van der Waals surface area contributed by atoms with Gasteiger partial charge in [0, 0.05) is 0 Å². The van der Waals surface area contributed by atoms with Crippen molar-refractivity contribution >= 4 is 0 Å². The van der Waals surface area contributed by atoms with Crippen molar-refractivity contribution < 1.29 is 5.11 Å². The monoisotopic (exact) mass is 153 g/mol. The number of nitriles is 1. The molecule has 0 spiro atoms. The number of hydrogen-bond donors (Lipinski definition) is 1. The molecule has 0 aliphatic heterocycles. The lowest BCUT2D eigenvalue weighted by Gasteiger charge is -2.41. The van der Waals surface area contributed by atoms with E-state index in [2.05, 4.69) is 6.07 Å². The van der Waals surface area contributed by atoms with Crippen LogP contribution in [0.4, 0.5) is 0 Å². The van der Waals surface area contributed by atoms with Gasteiger partial charge in [-0.25, -0.2) is 0 Å². The van der Waals surface area contributed by atoms with E-state index in [0.717, 1.165) is 25.7 Å². The molecular formula is C9H15NO. The minimum Gasteiger partial charge on any atom is -0.389 e. The van der Waals surface area contributed by atoms with Crippen LogP contribution in [0.5, 0.6) is 0 Å². The normalized spacial score (nSPS) is 44.9. The minimum atomic E-state index is -0.778. The van der Waals surface area contributed by atoms with Gasteiger partial charge in [0.1, 0.15) is 0 Å². The fourth-order valence-corrected chi connectivity index (χ4v) is 1.67. The van der Waals surface area contributed by atoms with E-state index < -0.39 is 11.0 Å². The zero-order chi connectivity index (χ0) is 8.54. The highest BCUT2D eigenvalue weighted by Crippen LogP contribution is 2.43. The van der Waals surface area contributed by atoms with Crippen molar-refractivity contribution in [3.63, 3.8) is 0 Å². The molecule has 2 nitrogen and oxygen atoms in total. The summed E-state index contributed by atoms with van der Waals surface area (Å²) in [5, 5.41) is 18.7. The SMILES string of the molecule is CC1(O)CCCCC1(C)C#N. The van der Waals surface area contributed by atoms with Gasteiger partial charge in [0.2, 0.25) is 0 Å². The highest BCUT2D eigenvalue weighted by molar-refractivity contribution is 5.08. The molecule has 0 radical (unpaired) electrons. The van der Waals surface area contributed by atoms with Crippen molar-refractivity contribution in [2.45, 2.75) is 45.1 Å². The van der Waals surface area contributed by atoms with Crippen molar-refractivity contribution in [3.05, 3.63) is 0 Å². The second kappa shape index (κ2) is 2.49. The van der Waals surface area contributed by atoms with Gasteiger partial charge in [0.05, 0.1) is 17.1 Å². The Kier molecular flexibility index (Phi) is 1.94. The van der Waals surface area contributed by atoms with Gasteiger partial charge >= 0.3 is 0 Å². The van der Waals surface area contributed by atoms with Crippen LogP contribution in [0.3, 0.4) is 0 Å². The highest BCUT2D eigenvalue weighted by atomic mass is 16.3. The summed E-state index contributed by atoms with van der Waals surface area (Å²) in [7, 11) is 0.